The van der Waals surface area contributed by atoms with Crippen molar-refractivity contribution in [3.63, 3.8) is 0 Å². The first-order valence-electron chi connectivity index (χ1n) is 8.61. The number of hydrogen-bond acceptors (Lipinski definition) is 3. The van der Waals surface area contributed by atoms with E-state index in [0.29, 0.717) is 12.6 Å². The fourth-order valence-electron chi connectivity index (χ4n) is 3.62. The van der Waals surface area contributed by atoms with Crippen LogP contribution in [-0.2, 0) is 4.79 Å². The highest BCUT2D eigenvalue weighted by atomic mass is 16.2. The van der Waals surface area contributed by atoms with Gasteiger partial charge in [-0.2, -0.15) is 5.26 Å². The van der Waals surface area contributed by atoms with E-state index in [1.54, 1.807) is 0 Å². The summed E-state index contributed by atoms with van der Waals surface area (Å²) in [5.74, 6) is -0.0317. The predicted octanol–water partition coefficient (Wildman–Crippen LogP) is 2.84. The fourth-order valence-corrected chi connectivity index (χ4v) is 3.62. The highest BCUT2D eigenvalue weighted by molar-refractivity contribution is 5.85. The highest BCUT2D eigenvalue weighted by Gasteiger charge is 2.38. The van der Waals surface area contributed by atoms with Gasteiger partial charge in [-0.05, 0) is 45.7 Å². The van der Waals surface area contributed by atoms with Crippen molar-refractivity contribution in [1.82, 2.24) is 10.2 Å². The lowest BCUT2D eigenvalue weighted by atomic mass is 9.81. The lowest BCUT2D eigenvalue weighted by Gasteiger charge is -2.33. The second-order valence-electron chi connectivity index (χ2n) is 6.76. The van der Waals surface area contributed by atoms with Crippen molar-refractivity contribution in [2.24, 2.45) is 5.41 Å². The summed E-state index contributed by atoms with van der Waals surface area (Å²) in [6, 6.07) is 2.71. The third kappa shape index (κ3) is 4.20. The maximum atomic E-state index is 12.5. The molecule has 4 heteroatoms. The molecular formula is C17H29N3O. The Morgan fingerprint density at radius 3 is 2.29 bits per heavy atom. The van der Waals surface area contributed by atoms with Gasteiger partial charge in [0.15, 0.2) is 0 Å². The van der Waals surface area contributed by atoms with Crippen LogP contribution in [0.3, 0.4) is 0 Å². The third-order valence-electron chi connectivity index (χ3n) is 5.18. The van der Waals surface area contributed by atoms with Crippen LogP contribution in [0.25, 0.3) is 0 Å². The molecule has 2 fully saturated rings. The van der Waals surface area contributed by atoms with Gasteiger partial charge in [-0.15, -0.1) is 0 Å². The second-order valence-corrected chi connectivity index (χ2v) is 6.76. The Hall–Kier alpha value is -1.08. The molecule has 4 nitrogen and oxygen atoms in total. The van der Waals surface area contributed by atoms with Gasteiger partial charge in [0.25, 0.3) is 0 Å². The minimum atomic E-state index is -0.766. The largest absolute Gasteiger partial charge is 0.353 e. The smallest absolute Gasteiger partial charge is 0.240 e. The van der Waals surface area contributed by atoms with E-state index in [2.05, 4.69) is 23.2 Å². The molecule has 1 heterocycles. The van der Waals surface area contributed by atoms with Crippen LogP contribution in [0.15, 0.2) is 0 Å². The van der Waals surface area contributed by atoms with Gasteiger partial charge in [0.2, 0.25) is 5.91 Å². The van der Waals surface area contributed by atoms with Crippen LogP contribution in [0.2, 0.25) is 0 Å². The van der Waals surface area contributed by atoms with Gasteiger partial charge in [0.05, 0.1) is 6.07 Å². The zero-order valence-corrected chi connectivity index (χ0v) is 13.4. The number of piperidine rings is 1. The second kappa shape index (κ2) is 7.79. The van der Waals surface area contributed by atoms with Crippen LogP contribution in [0.5, 0.6) is 0 Å². The molecule has 118 valence electrons. The lowest BCUT2D eigenvalue weighted by molar-refractivity contribution is -0.129. The molecule has 1 amide bonds. The summed E-state index contributed by atoms with van der Waals surface area (Å²) in [6.45, 7) is 5.13. The van der Waals surface area contributed by atoms with Gasteiger partial charge >= 0.3 is 0 Å². The summed E-state index contributed by atoms with van der Waals surface area (Å²) < 4.78 is 0. The highest BCUT2D eigenvalue weighted by Crippen LogP contribution is 2.34. The van der Waals surface area contributed by atoms with Gasteiger partial charge in [-0.1, -0.05) is 32.1 Å². The number of likely N-dealkylation sites (tertiary alicyclic amines) is 1. The molecule has 1 saturated carbocycles. The Bertz CT molecular complexity index is 374. The minimum absolute atomic E-state index is 0.0317. The number of carbonyl (C=O) groups is 1. The van der Waals surface area contributed by atoms with Crippen molar-refractivity contribution < 1.29 is 4.79 Å². The quantitative estimate of drug-likeness (QED) is 0.810. The molecule has 1 aliphatic carbocycles. The van der Waals surface area contributed by atoms with Crippen LogP contribution in [0.1, 0.15) is 64.7 Å². The van der Waals surface area contributed by atoms with Crippen LogP contribution in [0.4, 0.5) is 0 Å². The van der Waals surface area contributed by atoms with Gasteiger partial charge in [-0.3, -0.25) is 9.69 Å². The van der Waals surface area contributed by atoms with E-state index in [1.807, 2.05) is 0 Å². The van der Waals surface area contributed by atoms with Crippen LogP contribution in [0, 0.1) is 16.7 Å². The predicted molar refractivity (Wildman–Crippen MR) is 83.6 cm³/mol. The van der Waals surface area contributed by atoms with Gasteiger partial charge < -0.3 is 5.32 Å². The molecule has 1 atom stereocenters. The molecule has 2 aliphatic rings. The minimum Gasteiger partial charge on any atom is -0.353 e. The van der Waals surface area contributed by atoms with Crippen LogP contribution < -0.4 is 5.32 Å². The molecule has 1 unspecified atom stereocenters. The van der Waals surface area contributed by atoms with Gasteiger partial charge in [-0.25, -0.2) is 0 Å². The third-order valence-corrected chi connectivity index (χ3v) is 5.18. The Morgan fingerprint density at radius 2 is 1.71 bits per heavy atom. The van der Waals surface area contributed by atoms with Crippen molar-refractivity contribution in [1.29, 1.82) is 5.26 Å². The number of nitrogens with one attached hydrogen (secondary N) is 1. The molecule has 0 spiro atoms. The van der Waals surface area contributed by atoms with E-state index in [-0.39, 0.29) is 5.91 Å². The number of rotatable bonds is 4. The molecule has 0 radical (unpaired) electrons. The number of hydrogen-bond donors (Lipinski definition) is 1. The van der Waals surface area contributed by atoms with Crippen molar-refractivity contribution in [2.75, 3.05) is 19.6 Å². The molecule has 0 bridgehead atoms. The van der Waals surface area contributed by atoms with E-state index < -0.39 is 5.41 Å². The zero-order chi connectivity index (χ0) is 15.1. The molecule has 1 N–H and O–H groups in total. The van der Waals surface area contributed by atoms with E-state index >= 15 is 0 Å². The summed E-state index contributed by atoms with van der Waals surface area (Å²) in [6.07, 6.45) is 9.63. The summed E-state index contributed by atoms with van der Waals surface area (Å²) in [4.78, 5) is 15.0. The van der Waals surface area contributed by atoms with Crippen molar-refractivity contribution >= 4 is 5.91 Å². The summed E-state index contributed by atoms with van der Waals surface area (Å²) in [5, 5.41) is 12.6. The first-order chi connectivity index (χ1) is 10.2. The van der Waals surface area contributed by atoms with Crippen molar-refractivity contribution in [2.45, 2.75) is 70.8 Å². The number of carbonyl (C=O) groups excluding carboxylic acids is 1. The Balaban J connectivity index is 1.85. The molecule has 0 aromatic heterocycles. The van der Waals surface area contributed by atoms with Crippen LogP contribution in [-0.4, -0.2) is 36.5 Å². The first-order valence-corrected chi connectivity index (χ1v) is 8.61. The molecular weight excluding hydrogens is 262 g/mol. The normalized spacial score (nSPS) is 24.6. The van der Waals surface area contributed by atoms with Gasteiger partial charge in [0.1, 0.15) is 5.41 Å². The topological polar surface area (TPSA) is 56.1 Å². The molecule has 1 saturated heterocycles. The number of nitrogens with zero attached hydrogens (tertiary/aromatic N) is 2. The van der Waals surface area contributed by atoms with E-state index in [0.717, 1.165) is 51.6 Å². The fraction of sp³-hybridized carbons (Fsp3) is 0.882. The first kappa shape index (κ1) is 16.3. The Morgan fingerprint density at radius 1 is 1.14 bits per heavy atom. The standard InChI is InChI=1S/C17H29N3O/c1-15(20-11-7-4-8-12-20)13-19-16(21)17(14-18)9-5-2-3-6-10-17/h15H,2-13H2,1H3,(H,19,21). The Labute approximate surface area is 128 Å². The summed E-state index contributed by atoms with van der Waals surface area (Å²) >= 11 is 0. The molecule has 0 aromatic carbocycles. The number of nitriles is 1. The molecule has 21 heavy (non-hydrogen) atoms. The maximum absolute atomic E-state index is 12.5. The summed E-state index contributed by atoms with van der Waals surface area (Å²) in [7, 11) is 0. The van der Waals surface area contributed by atoms with Crippen molar-refractivity contribution in [3.8, 4) is 6.07 Å². The molecule has 2 rings (SSSR count). The monoisotopic (exact) mass is 291 g/mol. The average molecular weight is 291 g/mol. The summed E-state index contributed by atoms with van der Waals surface area (Å²) in [5.41, 5.74) is -0.766. The number of amides is 1. The molecule has 1 aliphatic heterocycles. The zero-order valence-electron chi connectivity index (χ0n) is 13.4. The average Bonchev–Trinajstić information content (AvgIpc) is 2.79. The van der Waals surface area contributed by atoms with Crippen LogP contribution >= 0.6 is 0 Å². The maximum Gasteiger partial charge on any atom is 0.240 e. The lowest BCUT2D eigenvalue weighted by Crippen LogP contribution is -2.48. The molecule has 0 aromatic rings. The van der Waals surface area contributed by atoms with Crippen molar-refractivity contribution in [3.05, 3.63) is 0 Å². The SMILES string of the molecule is CC(CNC(=O)C1(C#N)CCCCCC1)N1CCCCC1. The van der Waals surface area contributed by atoms with E-state index in [4.69, 9.17) is 0 Å². The van der Waals surface area contributed by atoms with E-state index in [1.165, 1.54) is 19.3 Å². The van der Waals surface area contributed by atoms with E-state index in [9.17, 15) is 10.1 Å². The van der Waals surface area contributed by atoms with Gasteiger partial charge in [0, 0.05) is 12.6 Å². The Kier molecular flexibility index (Phi) is 6.05.